The zero-order valence-corrected chi connectivity index (χ0v) is 20.1. The normalized spacial score (nSPS) is 10.2. The maximum atomic E-state index is 13.4. The van der Waals surface area contributed by atoms with Crippen molar-refractivity contribution < 1.29 is 47.7 Å². The molecule has 0 aliphatic rings. The maximum Gasteiger partial charge on any atom is 0.339 e. The molecule has 0 bridgehead atoms. The Kier molecular flexibility index (Phi) is 9.51. The summed E-state index contributed by atoms with van der Waals surface area (Å²) in [5.41, 5.74) is -2.72. The molecule has 0 aromatic heterocycles. The van der Waals surface area contributed by atoms with E-state index in [1.54, 1.807) is 30.3 Å². The van der Waals surface area contributed by atoms with Gasteiger partial charge in [0.25, 0.3) is 0 Å². The molecule has 0 N–H and O–H groups in total. The number of carbonyl (C=O) groups is 5. The van der Waals surface area contributed by atoms with E-state index < -0.39 is 57.7 Å². The summed E-state index contributed by atoms with van der Waals surface area (Å²) >= 11 is 0. The van der Waals surface area contributed by atoms with Gasteiger partial charge in [-0.1, -0.05) is 43.7 Å². The van der Waals surface area contributed by atoms with Crippen LogP contribution in [0.3, 0.4) is 0 Å². The van der Waals surface area contributed by atoms with E-state index in [2.05, 4.69) is 0 Å². The van der Waals surface area contributed by atoms with Gasteiger partial charge in [0.05, 0.1) is 62.9 Å². The highest BCUT2D eigenvalue weighted by molar-refractivity contribution is 6.23. The fraction of sp³-hybridized carbons (Fsp3) is 0.320. The van der Waals surface area contributed by atoms with Gasteiger partial charge in [0.15, 0.2) is 0 Å². The molecule has 35 heavy (non-hydrogen) atoms. The first-order valence-electron chi connectivity index (χ1n) is 10.6. The molecule has 186 valence electrons. The number of hydrogen-bond acceptors (Lipinski definition) is 10. The minimum absolute atomic E-state index is 0.00401. The SMILES string of the molecule is CCCCOC(=O)c1c(C(=O)OC)c(C(=O)OC)c(C(=O)OC)c(C(=O)OC)c1-c1ccccc1. The van der Waals surface area contributed by atoms with Crippen molar-refractivity contribution in [2.75, 3.05) is 35.0 Å². The minimum atomic E-state index is -1.18. The molecule has 2 aromatic rings. The van der Waals surface area contributed by atoms with Gasteiger partial charge in [-0.3, -0.25) is 0 Å². The number of ether oxygens (including phenoxy) is 5. The highest BCUT2D eigenvalue weighted by Gasteiger charge is 2.40. The molecule has 0 saturated heterocycles. The Bertz CT molecular complexity index is 1130. The van der Waals surface area contributed by atoms with Crippen LogP contribution in [0.2, 0.25) is 0 Å². The molecular formula is C25H26O10. The van der Waals surface area contributed by atoms with Gasteiger partial charge in [-0.15, -0.1) is 0 Å². The van der Waals surface area contributed by atoms with E-state index in [0.717, 1.165) is 28.4 Å². The Morgan fingerprint density at radius 1 is 0.600 bits per heavy atom. The van der Waals surface area contributed by atoms with Gasteiger partial charge in [-0.2, -0.15) is 0 Å². The topological polar surface area (TPSA) is 132 Å². The molecule has 0 spiro atoms. The predicted octanol–water partition coefficient (Wildman–Crippen LogP) is 3.46. The first-order chi connectivity index (χ1) is 16.8. The van der Waals surface area contributed by atoms with Crippen LogP contribution in [0.25, 0.3) is 11.1 Å². The van der Waals surface area contributed by atoms with E-state index in [1.165, 1.54) is 0 Å². The third kappa shape index (κ3) is 5.48. The summed E-state index contributed by atoms with van der Waals surface area (Å²) in [6, 6.07) is 8.01. The predicted molar refractivity (Wildman–Crippen MR) is 122 cm³/mol. The van der Waals surface area contributed by atoms with Crippen LogP contribution >= 0.6 is 0 Å². The zero-order valence-electron chi connectivity index (χ0n) is 20.1. The second-order valence-electron chi connectivity index (χ2n) is 7.07. The van der Waals surface area contributed by atoms with Gasteiger partial charge in [0, 0.05) is 5.56 Å². The lowest BCUT2D eigenvalue weighted by atomic mass is 9.83. The largest absolute Gasteiger partial charge is 0.465 e. The van der Waals surface area contributed by atoms with E-state index in [9.17, 15) is 24.0 Å². The molecular weight excluding hydrogens is 460 g/mol. The summed E-state index contributed by atoms with van der Waals surface area (Å²) in [5.74, 6) is -5.53. The molecule has 2 rings (SSSR count). The van der Waals surface area contributed by atoms with E-state index >= 15 is 0 Å². The lowest BCUT2D eigenvalue weighted by Gasteiger charge is -2.22. The average Bonchev–Trinajstić information content (AvgIpc) is 2.89. The fourth-order valence-corrected chi connectivity index (χ4v) is 3.45. The van der Waals surface area contributed by atoms with Crippen molar-refractivity contribution in [1.29, 1.82) is 0 Å². The monoisotopic (exact) mass is 486 g/mol. The van der Waals surface area contributed by atoms with Crippen LogP contribution in [0, 0.1) is 0 Å². The van der Waals surface area contributed by atoms with E-state index in [-0.39, 0.29) is 17.7 Å². The molecule has 0 amide bonds. The van der Waals surface area contributed by atoms with Gasteiger partial charge in [0.1, 0.15) is 0 Å². The van der Waals surface area contributed by atoms with Gasteiger partial charge in [-0.25, -0.2) is 24.0 Å². The zero-order chi connectivity index (χ0) is 26.1. The van der Waals surface area contributed by atoms with Crippen LogP contribution in [-0.4, -0.2) is 64.9 Å². The summed E-state index contributed by atoms with van der Waals surface area (Å²) in [4.78, 5) is 65.3. The molecule has 0 atom stereocenters. The molecule has 0 aliphatic carbocycles. The Hall–Kier alpha value is -4.21. The van der Waals surface area contributed by atoms with Crippen LogP contribution < -0.4 is 0 Å². The molecule has 2 aromatic carbocycles. The molecule has 10 nitrogen and oxygen atoms in total. The van der Waals surface area contributed by atoms with Crippen LogP contribution in [0.4, 0.5) is 0 Å². The quantitative estimate of drug-likeness (QED) is 0.295. The molecule has 0 fully saturated rings. The first-order valence-corrected chi connectivity index (χ1v) is 10.6. The lowest BCUT2D eigenvalue weighted by Crippen LogP contribution is -2.27. The molecule has 0 heterocycles. The number of unbranched alkanes of at least 4 members (excludes halogenated alkanes) is 1. The van der Waals surface area contributed by atoms with Crippen LogP contribution in [-0.2, 0) is 23.7 Å². The van der Waals surface area contributed by atoms with Gasteiger partial charge < -0.3 is 23.7 Å². The van der Waals surface area contributed by atoms with E-state index in [1.807, 2.05) is 6.92 Å². The van der Waals surface area contributed by atoms with E-state index in [0.29, 0.717) is 12.8 Å². The van der Waals surface area contributed by atoms with Gasteiger partial charge >= 0.3 is 29.8 Å². The Morgan fingerprint density at radius 2 is 1.00 bits per heavy atom. The Morgan fingerprint density at radius 3 is 1.43 bits per heavy atom. The fourth-order valence-electron chi connectivity index (χ4n) is 3.45. The number of esters is 5. The van der Waals surface area contributed by atoms with Crippen molar-refractivity contribution in [1.82, 2.24) is 0 Å². The molecule has 10 heteroatoms. The second-order valence-corrected chi connectivity index (χ2v) is 7.07. The molecule has 0 aliphatic heterocycles. The van der Waals surface area contributed by atoms with Crippen molar-refractivity contribution in [2.24, 2.45) is 0 Å². The highest BCUT2D eigenvalue weighted by Crippen LogP contribution is 2.38. The number of hydrogen-bond donors (Lipinski definition) is 0. The standard InChI is InChI=1S/C25H26O10/c1-6-7-13-35-25(30)17-15(14-11-9-8-10-12-14)16(21(26)31-2)18(22(27)32-3)20(24(29)34-5)19(17)23(28)33-4/h8-12H,6-7,13H2,1-5H3. The number of carbonyl (C=O) groups excluding carboxylic acids is 5. The number of benzene rings is 2. The summed E-state index contributed by atoms with van der Waals surface area (Å²) in [6.45, 7) is 1.89. The summed E-state index contributed by atoms with van der Waals surface area (Å²) < 4.78 is 24.7. The Labute approximate surface area is 202 Å². The van der Waals surface area contributed by atoms with Gasteiger partial charge in [0.2, 0.25) is 0 Å². The highest BCUT2D eigenvalue weighted by atomic mass is 16.5. The molecule has 0 saturated carbocycles. The van der Waals surface area contributed by atoms with Crippen LogP contribution in [0.5, 0.6) is 0 Å². The maximum absolute atomic E-state index is 13.4. The summed E-state index contributed by atoms with van der Waals surface area (Å²) in [6.07, 6.45) is 1.23. The molecule has 0 unspecified atom stereocenters. The molecule has 0 radical (unpaired) electrons. The van der Waals surface area contributed by atoms with Crippen LogP contribution in [0.1, 0.15) is 71.6 Å². The van der Waals surface area contributed by atoms with Crippen molar-refractivity contribution >= 4 is 29.8 Å². The third-order valence-corrected chi connectivity index (χ3v) is 5.06. The Balaban J connectivity index is 3.26. The van der Waals surface area contributed by atoms with Gasteiger partial charge in [-0.05, 0) is 12.0 Å². The third-order valence-electron chi connectivity index (χ3n) is 5.06. The summed E-state index contributed by atoms with van der Waals surface area (Å²) in [7, 11) is 4.12. The van der Waals surface area contributed by atoms with Crippen LogP contribution in [0.15, 0.2) is 30.3 Å². The van der Waals surface area contributed by atoms with Crippen molar-refractivity contribution in [3.8, 4) is 11.1 Å². The number of methoxy groups -OCH3 is 4. The first kappa shape index (κ1) is 27.0. The summed E-state index contributed by atoms with van der Waals surface area (Å²) in [5, 5.41) is 0. The second kappa shape index (κ2) is 12.3. The minimum Gasteiger partial charge on any atom is -0.465 e. The lowest BCUT2D eigenvalue weighted by molar-refractivity contribution is 0.0474. The van der Waals surface area contributed by atoms with Crippen molar-refractivity contribution in [3.05, 3.63) is 58.1 Å². The number of rotatable bonds is 9. The van der Waals surface area contributed by atoms with E-state index in [4.69, 9.17) is 23.7 Å². The van der Waals surface area contributed by atoms with Crippen molar-refractivity contribution in [3.63, 3.8) is 0 Å². The average molecular weight is 486 g/mol. The van der Waals surface area contributed by atoms with Crippen molar-refractivity contribution in [2.45, 2.75) is 19.8 Å². The smallest absolute Gasteiger partial charge is 0.339 e.